The van der Waals surface area contributed by atoms with E-state index >= 15 is 0 Å². The van der Waals surface area contributed by atoms with E-state index < -0.39 is 0 Å². The van der Waals surface area contributed by atoms with Crippen molar-refractivity contribution in [2.75, 3.05) is 12.4 Å². The highest BCUT2D eigenvalue weighted by molar-refractivity contribution is 5.98. The molecular weight excluding hydrogens is 252 g/mol. The van der Waals surface area contributed by atoms with Crippen LogP contribution in [0.25, 0.3) is 0 Å². The number of nitrogens with one attached hydrogen (secondary N) is 2. The second-order valence-corrected chi connectivity index (χ2v) is 4.14. The minimum atomic E-state index is -0.188. The number of anilines is 1. The molecule has 100 valence electrons. The Labute approximate surface area is 117 Å². The van der Waals surface area contributed by atoms with Crippen LogP contribution in [0, 0.1) is 11.3 Å². The van der Waals surface area contributed by atoms with Crippen molar-refractivity contribution >= 4 is 11.7 Å². The van der Waals surface area contributed by atoms with Crippen LogP contribution in [0.4, 0.5) is 5.82 Å². The third kappa shape index (κ3) is 3.12. The molecule has 0 fully saturated rings. The van der Waals surface area contributed by atoms with Gasteiger partial charge >= 0.3 is 0 Å². The van der Waals surface area contributed by atoms with Gasteiger partial charge in [-0.15, -0.1) is 0 Å². The zero-order valence-electron chi connectivity index (χ0n) is 11.1. The molecular formula is C15H14N4O. The Balaban J connectivity index is 2.03. The lowest BCUT2D eigenvalue weighted by Crippen LogP contribution is -2.24. The quantitative estimate of drug-likeness (QED) is 0.886. The Morgan fingerprint density at radius 1 is 1.30 bits per heavy atom. The van der Waals surface area contributed by atoms with E-state index in [-0.39, 0.29) is 5.91 Å². The molecule has 0 unspecified atom stereocenters. The van der Waals surface area contributed by atoms with Gasteiger partial charge in [0.2, 0.25) is 0 Å². The number of nitrogens with zero attached hydrogens (tertiary/aromatic N) is 2. The monoisotopic (exact) mass is 266 g/mol. The van der Waals surface area contributed by atoms with E-state index in [0.29, 0.717) is 23.5 Å². The first kappa shape index (κ1) is 13.6. The fourth-order valence-corrected chi connectivity index (χ4v) is 1.76. The summed E-state index contributed by atoms with van der Waals surface area (Å²) in [7, 11) is 1.72. The van der Waals surface area contributed by atoms with Crippen LogP contribution in [0.15, 0.2) is 42.6 Å². The number of amides is 1. The zero-order chi connectivity index (χ0) is 14.4. The van der Waals surface area contributed by atoms with E-state index in [1.165, 1.54) is 0 Å². The molecule has 2 aromatic rings. The molecule has 2 rings (SSSR count). The first-order chi connectivity index (χ1) is 9.74. The summed E-state index contributed by atoms with van der Waals surface area (Å²) in [4.78, 5) is 16.2. The normalized spacial score (nSPS) is 9.60. The zero-order valence-corrected chi connectivity index (χ0v) is 11.1. The SMILES string of the molecule is CNc1ncccc1C(=O)NCc1ccc(C#N)cc1. The predicted molar refractivity (Wildman–Crippen MR) is 76.1 cm³/mol. The molecule has 0 atom stereocenters. The van der Waals surface area contributed by atoms with Crippen LogP contribution < -0.4 is 10.6 Å². The third-order valence-corrected chi connectivity index (χ3v) is 2.83. The van der Waals surface area contributed by atoms with Crippen molar-refractivity contribution in [2.24, 2.45) is 0 Å². The molecule has 0 aliphatic heterocycles. The molecule has 1 amide bonds. The molecule has 1 aromatic carbocycles. The molecule has 1 aromatic heterocycles. The van der Waals surface area contributed by atoms with Crippen LogP contribution in [0.2, 0.25) is 0 Å². The van der Waals surface area contributed by atoms with Gasteiger partial charge in [0, 0.05) is 19.8 Å². The number of aromatic nitrogens is 1. The van der Waals surface area contributed by atoms with Crippen molar-refractivity contribution < 1.29 is 4.79 Å². The maximum Gasteiger partial charge on any atom is 0.255 e. The molecule has 0 spiro atoms. The molecule has 0 radical (unpaired) electrons. The van der Waals surface area contributed by atoms with Crippen LogP contribution in [0.1, 0.15) is 21.5 Å². The van der Waals surface area contributed by atoms with Gasteiger partial charge in [-0.2, -0.15) is 5.26 Å². The Hall–Kier alpha value is -2.87. The minimum Gasteiger partial charge on any atom is -0.372 e. The molecule has 5 heteroatoms. The first-order valence-corrected chi connectivity index (χ1v) is 6.14. The van der Waals surface area contributed by atoms with Gasteiger partial charge in [0.1, 0.15) is 5.82 Å². The molecule has 20 heavy (non-hydrogen) atoms. The highest BCUT2D eigenvalue weighted by atomic mass is 16.1. The Bertz CT molecular complexity index is 644. The largest absolute Gasteiger partial charge is 0.372 e. The highest BCUT2D eigenvalue weighted by Crippen LogP contribution is 2.10. The van der Waals surface area contributed by atoms with Gasteiger partial charge in [0.15, 0.2) is 0 Å². The lowest BCUT2D eigenvalue weighted by Gasteiger charge is -2.08. The number of carbonyl (C=O) groups is 1. The van der Waals surface area contributed by atoms with Gasteiger partial charge in [0.25, 0.3) is 5.91 Å². The van der Waals surface area contributed by atoms with Gasteiger partial charge in [-0.1, -0.05) is 12.1 Å². The summed E-state index contributed by atoms with van der Waals surface area (Å²) in [6.45, 7) is 0.405. The Morgan fingerprint density at radius 2 is 2.05 bits per heavy atom. The number of carbonyl (C=O) groups excluding carboxylic acids is 1. The molecule has 0 bridgehead atoms. The molecule has 0 saturated carbocycles. The summed E-state index contributed by atoms with van der Waals surface area (Å²) >= 11 is 0. The summed E-state index contributed by atoms with van der Waals surface area (Å²) in [5.41, 5.74) is 2.04. The molecule has 2 N–H and O–H groups in total. The van der Waals surface area contributed by atoms with Crippen LogP contribution in [-0.2, 0) is 6.54 Å². The minimum absolute atomic E-state index is 0.188. The van der Waals surface area contributed by atoms with Crippen LogP contribution >= 0.6 is 0 Å². The van der Waals surface area contributed by atoms with Crippen LogP contribution in [0.5, 0.6) is 0 Å². The van der Waals surface area contributed by atoms with E-state index in [4.69, 9.17) is 5.26 Å². The van der Waals surface area contributed by atoms with Crippen molar-refractivity contribution in [1.29, 1.82) is 5.26 Å². The first-order valence-electron chi connectivity index (χ1n) is 6.14. The van der Waals surface area contributed by atoms with Gasteiger partial charge in [-0.05, 0) is 29.8 Å². The molecule has 1 heterocycles. The van der Waals surface area contributed by atoms with Gasteiger partial charge in [-0.3, -0.25) is 4.79 Å². The number of rotatable bonds is 4. The van der Waals surface area contributed by atoms with Crippen molar-refractivity contribution in [3.05, 3.63) is 59.3 Å². The highest BCUT2D eigenvalue weighted by Gasteiger charge is 2.10. The van der Waals surface area contributed by atoms with Crippen LogP contribution in [-0.4, -0.2) is 17.9 Å². The average molecular weight is 266 g/mol. The average Bonchev–Trinajstić information content (AvgIpc) is 2.53. The summed E-state index contributed by atoms with van der Waals surface area (Å²) in [5.74, 6) is 0.358. The van der Waals surface area contributed by atoms with E-state index in [0.717, 1.165) is 5.56 Å². The maximum atomic E-state index is 12.1. The smallest absolute Gasteiger partial charge is 0.255 e. The van der Waals surface area contributed by atoms with Crippen molar-refractivity contribution in [1.82, 2.24) is 10.3 Å². The number of pyridine rings is 1. The fraction of sp³-hybridized carbons (Fsp3) is 0.133. The number of hydrogen-bond donors (Lipinski definition) is 2. The standard InChI is InChI=1S/C15H14N4O/c1-17-14-13(3-2-8-18-14)15(20)19-10-12-6-4-11(9-16)5-7-12/h2-8H,10H2,1H3,(H,17,18)(H,19,20). The molecule has 0 aliphatic rings. The number of nitriles is 1. The summed E-state index contributed by atoms with van der Waals surface area (Å²) in [6, 6.07) is 12.6. The lowest BCUT2D eigenvalue weighted by atomic mass is 10.1. The fourth-order valence-electron chi connectivity index (χ4n) is 1.76. The molecule has 0 saturated heterocycles. The second kappa shape index (κ2) is 6.34. The van der Waals surface area contributed by atoms with Crippen LogP contribution in [0.3, 0.4) is 0 Å². The lowest BCUT2D eigenvalue weighted by molar-refractivity contribution is 0.0951. The van der Waals surface area contributed by atoms with Crippen molar-refractivity contribution in [3.63, 3.8) is 0 Å². The van der Waals surface area contributed by atoms with Gasteiger partial charge in [0.05, 0.1) is 17.2 Å². The second-order valence-electron chi connectivity index (χ2n) is 4.14. The van der Waals surface area contributed by atoms with Crippen molar-refractivity contribution in [3.8, 4) is 6.07 Å². The van der Waals surface area contributed by atoms with Gasteiger partial charge < -0.3 is 10.6 Å². The summed E-state index contributed by atoms with van der Waals surface area (Å²) in [6.07, 6.45) is 1.63. The van der Waals surface area contributed by atoms with E-state index in [9.17, 15) is 4.79 Å². The van der Waals surface area contributed by atoms with E-state index in [2.05, 4.69) is 21.7 Å². The Kier molecular flexibility index (Phi) is 4.30. The van der Waals surface area contributed by atoms with Gasteiger partial charge in [-0.25, -0.2) is 4.98 Å². The number of hydrogen-bond acceptors (Lipinski definition) is 4. The maximum absolute atomic E-state index is 12.1. The topological polar surface area (TPSA) is 77.8 Å². The Morgan fingerprint density at radius 3 is 2.70 bits per heavy atom. The summed E-state index contributed by atoms with van der Waals surface area (Å²) in [5, 5.41) is 14.4. The van der Waals surface area contributed by atoms with E-state index in [1.807, 2.05) is 12.1 Å². The van der Waals surface area contributed by atoms with Crippen molar-refractivity contribution in [2.45, 2.75) is 6.54 Å². The summed E-state index contributed by atoms with van der Waals surface area (Å²) < 4.78 is 0. The van der Waals surface area contributed by atoms with E-state index in [1.54, 1.807) is 37.5 Å². The molecule has 5 nitrogen and oxygen atoms in total. The third-order valence-electron chi connectivity index (χ3n) is 2.83. The predicted octanol–water partition coefficient (Wildman–Crippen LogP) is 1.92. The number of benzene rings is 1. The molecule has 0 aliphatic carbocycles.